The first kappa shape index (κ1) is 33.9. The van der Waals surface area contributed by atoms with E-state index in [0.29, 0.717) is 12.1 Å². The summed E-state index contributed by atoms with van der Waals surface area (Å²) in [4.78, 5) is 27.2. The number of anilines is 2. The molecule has 3 aromatic carbocycles. The Bertz CT molecular complexity index is 1510. The number of nitrogens with one attached hydrogen (secondary N) is 1. The lowest BCUT2D eigenvalue weighted by Crippen LogP contribution is -2.50. The van der Waals surface area contributed by atoms with Crippen molar-refractivity contribution in [2.24, 2.45) is 0 Å². The minimum absolute atomic E-state index is 0.00184. The number of hydrogen-bond donors (Lipinski definition) is 1. The van der Waals surface area contributed by atoms with Crippen LogP contribution in [0.1, 0.15) is 45.2 Å². The molecule has 3 aromatic rings. The van der Waals surface area contributed by atoms with Gasteiger partial charge in [-0.3, -0.25) is 9.59 Å². The highest BCUT2D eigenvalue weighted by Gasteiger charge is 2.73. The molecule has 0 spiro atoms. The number of nitrogens with zero attached hydrogens (tertiary/aromatic N) is 1. The van der Waals surface area contributed by atoms with Crippen LogP contribution in [-0.4, -0.2) is 30.7 Å². The third-order valence-electron chi connectivity index (χ3n) is 6.27. The molecule has 0 saturated heterocycles. The van der Waals surface area contributed by atoms with Gasteiger partial charge in [-0.25, -0.2) is 13.2 Å². The van der Waals surface area contributed by atoms with E-state index in [4.69, 9.17) is 0 Å². The molecule has 0 aliphatic heterocycles. The van der Waals surface area contributed by atoms with Crippen LogP contribution in [0.3, 0.4) is 0 Å². The maximum atomic E-state index is 15.7. The third-order valence-corrected chi connectivity index (χ3v) is 7.12. The summed E-state index contributed by atoms with van der Waals surface area (Å²) in [6.07, 6.45) is -11.4. The predicted octanol–water partition coefficient (Wildman–Crippen LogP) is 8.90. The zero-order valence-corrected chi connectivity index (χ0v) is 24.3. The SMILES string of the molecule is C=CCN(C(=O)c1ccc(F)cc1)c1cccc(C(=O)Nc2c(I)cc(C(F)(C(F)(F)F)C(F)(F)F)cc2CCC)c1F. The fraction of sp³-hybridized carbons (Fsp3) is 0.241. The zero-order chi connectivity index (χ0) is 32.3. The molecule has 1 N–H and O–H groups in total. The number of hydrogen-bond acceptors (Lipinski definition) is 2. The van der Waals surface area contributed by atoms with Gasteiger partial charge in [-0.1, -0.05) is 25.5 Å². The molecule has 230 valence electrons. The van der Waals surface area contributed by atoms with Crippen LogP contribution in [0.5, 0.6) is 0 Å². The van der Waals surface area contributed by atoms with E-state index in [2.05, 4.69) is 11.9 Å². The van der Waals surface area contributed by atoms with Gasteiger partial charge in [0.05, 0.1) is 16.9 Å². The molecule has 0 aromatic heterocycles. The maximum absolute atomic E-state index is 15.7. The molecule has 0 heterocycles. The molecule has 0 unspecified atom stereocenters. The lowest BCUT2D eigenvalue weighted by Gasteiger charge is -2.31. The van der Waals surface area contributed by atoms with Gasteiger partial charge in [0.1, 0.15) is 5.82 Å². The van der Waals surface area contributed by atoms with Gasteiger partial charge in [0, 0.05) is 21.2 Å². The van der Waals surface area contributed by atoms with Crippen LogP contribution in [0.25, 0.3) is 0 Å². The van der Waals surface area contributed by atoms with Crippen molar-refractivity contribution in [1.29, 1.82) is 0 Å². The largest absolute Gasteiger partial charge is 0.435 e. The average molecular weight is 728 g/mol. The number of benzene rings is 3. The van der Waals surface area contributed by atoms with E-state index >= 15 is 4.39 Å². The van der Waals surface area contributed by atoms with Crippen molar-refractivity contribution in [3.05, 3.63) is 105 Å². The molecule has 0 bridgehead atoms. The van der Waals surface area contributed by atoms with Crippen molar-refractivity contribution >= 4 is 45.8 Å². The Morgan fingerprint density at radius 1 is 0.953 bits per heavy atom. The summed E-state index contributed by atoms with van der Waals surface area (Å²) < 4.78 is 124. The normalized spacial score (nSPS) is 12.2. The van der Waals surface area contributed by atoms with Gasteiger partial charge in [0.15, 0.2) is 5.82 Å². The number of amides is 2. The number of alkyl halides is 7. The van der Waals surface area contributed by atoms with Crippen LogP contribution < -0.4 is 10.2 Å². The van der Waals surface area contributed by atoms with Gasteiger partial charge >= 0.3 is 18.0 Å². The monoisotopic (exact) mass is 728 g/mol. The number of rotatable bonds is 9. The highest BCUT2D eigenvalue weighted by atomic mass is 127. The Kier molecular flexibility index (Phi) is 10.2. The Balaban J connectivity index is 2.06. The van der Waals surface area contributed by atoms with E-state index in [1.165, 1.54) is 52.9 Å². The molecule has 0 saturated carbocycles. The second-order valence-corrected chi connectivity index (χ2v) is 10.4. The summed E-state index contributed by atoms with van der Waals surface area (Å²) >= 11 is 1.35. The fourth-order valence-corrected chi connectivity index (χ4v) is 5.03. The Morgan fingerprint density at radius 2 is 1.56 bits per heavy atom. The van der Waals surface area contributed by atoms with Gasteiger partial charge in [-0.2, -0.15) is 26.3 Å². The molecule has 0 aliphatic rings. The van der Waals surface area contributed by atoms with Gasteiger partial charge in [-0.05, 0) is 83.1 Å². The molecule has 0 atom stereocenters. The van der Waals surface area contributed by atoms with E-state index in [0.717, 1.165) is 23.1 Å². The molecule has 43 heavy (non-hydrogen) atoms. The van der Waals surface area contributed by atoms with Crippen molar-refractivity contribution in [1.82, 2.24) is 0 Å². The fourth-order valence-electron chi connectivity index (χ4n) is 4.21. The third kappa shape index (κ3) is 6.83. The van der Waals surface area contributed by atoms with Crippen LogP contribution in [0.2, 0.25) is 0 Å². The Hall–Kier alpha value is -3.56. The van der Waals surface area contributed by atoms with Gasteiger partial charge < -0.3 is 10.2 Å². The van der Waals surface area contributed by atoms with E-state index in [9.17, 15) is 44.7 Å². The molecule has 0 fully saturated rings. The summed E-state index contributed by atoms with van der Waals surface area (Å²) in [5.74, 6) is -3.70. The van der Waals surface area contributed by atoms with Crippen molar-refractivity contribution in [3.63, 3.8) is 0 Å². The minimum Gasteiger partial charge on any atom is -0.321 e. The summed E-state index contributed by atoms with van der Waals surface area (Å²) in [7, 11) is 0. The van der Waals surface area contributed by atoms with E-state index in [-0.39, 0.29) is 45.5 Å². The minimum atomic E-state index is -6.34. The van der Waals surface area contributed by atoms with Crippen LogP contribution >= 0.6 is 22.6 Å². The van der Waals surface area contributed by atoms with Crippen LogP contribution in [0.4, 0.5) is 50.9 Å². The van der Waals surface area contributed by atoms with Crippen LogP contribution in [0.15, 0.2) is 67.3 Å². The van der Waals surface area contributed by atoms with E-state index in [1.807, 2.05) is 0 Å². The molecular weight excluding hydrogens is 706 g/mol. The van der Waals surface area contributed by atoms with Gasteiger partial charge in [-0.15, -0.1) is 6.58 Å². The highest BCUT2D eigenvalue weighted by Crippen LogP contribution is 2.54. The molecule has 14 heteroatoms. The molecular formula is C29H22F9IN2O2. The summed E-state index contributed by atoms with van der Waals surface area (Å²) in [5, 5.41) is 2.31. The number of halogens is 10. The van der Waals surface area contributed by atoms with Gasteiger partial charge in [0.25, 0.3) is 11.8 Å². The molecule has 0 aliphatic carbocycles. The smallest absolute Gasteiger partial charge is 0.321 e. The number of carbonyl (C=O) groups is 2. The molecule has 0 radical (unpaired) electrons. The standard InChI is InChI=1S/C29H22F9IN2O2/c1-3-6-17-14-18(27(32,28(33,34)35)29(36,37)38)15-21(39)24(17)40-25(42)20-7-5-8-22(23(20)31)41(13-4-2)26(43)16-9-11-19(30)12-10-16/h4-5,7-12,14-15H,2-3,6,13H2,1H3,(H,40,42). The lowest BCUT2D eigenvalue weighted by atomic mass is 9.91. The average Bonchev–Trinajstić information content (AvgIpc) is 2.92. The van der Waals surface area contributed by atoms with Crippen molar-refractivity contribution in [2.45, 2.75) is 37.8 Å². The Labute approximate surface area is 253 Å². The highest BCUT2D eigenvalue weighted by molar-refractivity contribution is 14.1. The second kappa shape index (κ2) is 13.0. The van der Waals surface area contributed by atoms with Crippen molar-refractivity contribution < 1.29 is 49.1 Å². The molecule has 4 nitrogen and oxygen atoms in total. The summed E-state index contributed by atoms with van der Waals surface area (Å²) in [6.45, 7) is 4.86. The topological polar surface area (TPSA) is 49.4 Å². The number of carbonyl (C=O) groups excluding carboxylic acids is 2. The first-order valence-corrected chi connectivity index (χ1v) is 13.5. The zero-order valence-electron chi connectivity index (χ0n) is 22.1. The predicted molar refractivity (Wildman–Crippen MR) is 151 cm³/mol. The van der Waals surface area contributed by atoms with Gasteiger partial charge in [0.2, 0.25) is 0 Å². The Morgan fingerprint density at radius 3 is 2.09 bits per heavy atom. The maximum Gasteiger partial charge on any atom is 0.435 e. The van der Waals surface area contributed by atoms with E-state index < -0.39 is 52.6 Å². The van der Waals surface area contributed by atoms with Crippen molar-refractivity contribution in [2.75, 3.05) is 16.8 Å². The van der Waals surface area contributed by atoms with Crippen LogP contribution in [-0.2, 0) is 12.1 Å². The first-order valence-electron chi connectivity index (χ1n) is 12.4. The molecule has 3 rings (SSSR count). The second-order valence-electron chi connectivity index (χ2n) is 9.20. The van der Waals surface area contributed by atoms with E-state index in [1.54, 1.807) is 6.92 Å². The summed E-state index contributed by atoms with van der Waals surface area (Å²) in [6, 6.07) is 8.56. The lowest BCUT2D eigenvalue weighted by molar-refractivity contribution is -0.348. The van der Waals surface area contributed by atoms with Crippen LogP contribution in [0, 0.1) is 15.2 Å². The quantitative estimate of drug-likeness (QED) is 0.136. The summed E-state index contributed by atoms with van der Waals surface area (Å²) in [5.41, 5.74) is -8.87. The van der Waals surface area contributed by atoms with Crippen molar-refractivity contribution in [3.8, 4) is 0 Å². The number of aryl methyl sites for hydroxylation is 1. The first-order chi connectivity index (χ1) is 20.0. The molecule has 2 amide bonds.